The van der Waals surface area contributed by atoms with Crippen LogP contribution in [0.25, 0.3) is 11.3 Å². The lowest BCUT2D eigenvalue weighted by atomic mass is 9.98. The molecule has 0 saturated carbocycles. The minimum Gasteiger partial charge on any atom is -0.300 e. The van der Waals surface area contributed by atoms with E-state index in [9.17, 15) is 0 Å². The van der Waals surface area contributed by atoms with E-state index in [1.54, 1.807) is 0 Å². The van der Waals surface area contributed by atoms with Crippen molar-refractivity contribution in [2.45, 2.75) is 32.7 Å². The predicted octanol–water partition coefficient (Wildman–Crippen LogP) is 3.25. The van der Waals surface area contributed by atoms with Crippen LogP contribution in [-0.4, -0.2) is 28.5 Å². The van der Waals surface area contributed by atoms with Crippen LogP contribution in [0.1, 0.15) is 36.8 Å². The number of nitrogens with zero attached hydrogens (tertiary/aromatic N) is 3. The molecule has 0 saturated heterocycles. The highest BCUT2D eigenvalue weighted by atomic mass is 15.1. The van der Waals surface area contributed by atoms with Crippen molar-refractivity contribution in [1.29, 1.82) is 0 Å². The molecule has 0 unspecified atom stereocenters. The van der Waals surface area contributed by atoms with Crippen LogP contribution < -0.4 is 0 Å². The monoisotopic (exact) mass is 267 g/mol. The maximum absolute atomic E-state index is 4.85. The van der Waals surface area contributed by atoms with Gasteiger partial charge in [0.05, 0.1) is 11.4 Å². The summed E-state index contributed by atoms with van der Waals surface area (Å²) in [6, 6.07) is 10.5. The number of rotatable bonds is 2. The fraction of sp³-hybridized carbons (Fsp3) is 0.412. The van der Waals surface area contributed by atoms with E-state index in [-0.39, 0.29) is 0 Å². The van der Waals surface area contributed by atoms with E-state index in [0.29, 0.717) is 5.92 Å². The van der Waals surface area contributed by atoms with Gasteiger partial charge in [-0.25, -0.2) is 9.97 Å². The molecule has 104 valence electrons. The minimum atomic E-state index is 0.356. The lowest BCUT2D eigenvalue weighted by Crippen LogP contribution is -2.29. The molecule has 0 atom stereocenters. The highest BCUT2D eigenvalue weighted by Gasteiger charge is 2.21. The molecule has 1 aromatic heterocycles. The molecule has 0 N–H and O–H groups in total. The molecule has 0 amide bonds. The molecule has 0 bridgehead atoms. The number of hydrogen-bond donors (Lipinski definition) is 0. The van der Waals surface area contributed by atoms with Crippen LogP contribution in [0.15, 0.2) is 30.3 Å². The van der Waals surface area contributed by atoms with E-state index >= 15 is 0 Å². The zero-order chi connectivity index (χ0) is 14.1. The smallest absolute Gasteiger partial charge is 0.131 e. The molecule has 2 aromatic rings. The van der Waals surface area contributed by atoms with E-state index in [1.807, 2.05) is 6.07 Å². The second-order valence-electron chi connectivity index (χ2n) is 5.86. The normalized spacial score (nSPS) is 15.4. The summed E-state index contributed by atoms with van der Waals surface area (Å²) in [7, 11) is 2.16. The van der Waals surface area contributed by atoms with Crippen molar-refractivity contribution < 1.29 is 0 Å². The van der Waals surface area contributed by atoms with Gasteiger partial charge in [-0.15, -0.1) is 0 Å². The van der Waals surface area contributed by atoms with Crippen LogP contribution >= 0.6 is 0 Å². The zero-order valence-corrected chi connectivity index (χ0v) is 12.4. The SMILES string of the molecule is CC(C)c1nc2c(c(-c3ccccc3)n1)CCN(C)C2. The summed E-state index contributed by atoms with van der Waals surface area (Å²) in [5, 5.41) is 0. The van der Waals surface area contributed by atoms with Crippen LogP contribution in [-0.2, 0) is 13.0 Å². The molecule has 0 aliphatic carbocycles. The van der Waals surface area contributed by atoms with Gasteiger partial charge in [0.1, 0.15) is 5.82 Å². The van der Waals surface area contributed by atoms with Crippen LogP contribution in [0, 0.1) is 0 Å². The Morgan fingerprint density at radius 3 is 2.55 bits per heavy atom. The van der Waals surface area contributed by atoms with E-state index in [1.165, 1.54) is 16.8 Å². The third-order valence-corrected chi connectivity index (χ3v) is 3.84. The molecule has 3 rings (SSSR count). The molecule has 20 heavy (non-hydrogen) atoms. The Labute approximate surface area is 120 Å². The Bertz CT molecular complexity index is 605. The molecule has 2 heterocycles. The number of fused-ring (bicyclic) bond motifs is 1. The molecule has 1 aliphatic heterocycles. The minimum absolute atomic E-state index is 0.356. The van der Waals surface area contributed by atoms with Gasteiger partial charge < -0.3 is 4.90 Å². The number of benzene rings is 1. The second kappa shape index (κ2) is 5.33. The van der Waals surface area contributed by atoms with Gasteiger partial charge in [0.15, 0.2) is 0 Å². The van der Waals surface area contributed by atoms with Crippen molar-refractivity contribution in [2.75, 3.05) is 13.6 Å². The Morgan fingerprint density at radius 1 is 1.10 bits per heavy atom. The maximum atomic E-state index is 4.85. The van der Waals surface area contributed by atoms with E-state index in [4.69, 9.17) is 9.97 Å². The summed E-state index contributed by atoms with van der Waals surface area (Å²) < 4.78 is 0. The lowest BCUT2D eigenvalue weighted by molar-refractivity contribution is 0.306. The average molecular weight is 267 g/mol. The largest absolute Gasteiger partial charge is 0.300 e. The van der Waals surface area contributed by atoms with Crippen molar-refractivity contribution in [2.24, 2.45) is 0 Å². The fourth-order valence-electron chi connectivity index (χ4n) is 2.67. The van der Waals surface area contributed by atoms with Gasteiger partial charge in [0.2, 0.25) is 0 Å². The summed E-state index contributed by atoms with van der Waals surface area (Å²) >= 11 is 0. The summed E-state index contributed by atoms with van der Waals surface area (Å²) in [5.41, 5.74) is 4.88. The summed E-state index contributed by atoms with van der Waals surface area (Å²) in [5.74, 6) is 1.31. The molecule has 0 radical (unpaired) electrons. The molecular formula is C17H21N3. The van der Waals surface area contributed by atoms with Crippen LogP contribution in [0.3, 0.4) is 0 Å². The Kier molecular flexibility index (Phi) is 3.53. The van der Waals surface area contributed by atoms with Gasteiger partial charge in [0.25, 0.3) is 0 Å². The third-order valence-electron chi connectivity index (χ3n) is 3.84. The molecule has 1 aliphatic rings. The number of hydrogen-bond acceptors (Lipinski definition) is 3. The third kappa shape index (κ3) is 2.46. The van der Waals surface area contributed by atoms with Crippen molar-refractivity contribution >= 4 is 0 Å². The van der Waals surface area contributed by atoms with Gasteiger partial charge in [-0.3, -0.25) is 0 Å². The molecule has 1 aromatic carbocycles. The van der Waals surface area contributed by atoms with E-state index in [2.05, 4.69) is 50.1 Å². The molecule has 0 fully saturated rings. The van der Waals surface area contributed by atoms with E-state index < -0.39 is 0 Å². The second-order valence-corrected chi connectivity index (χ2v) is 5.86. The van der Waals surface area contributed by atoms with Crippen LogP contribution in [0.2, 0.25) is 0 Å². The topological polar surface area (TPSA) is 29.0 Å². The first-order valence-corrected chi connectivity index (χ1v) is 7.29. The number of aromatic nitrogens is 2. The predicted molar refractivity (Wildman–Crippen MR) is 81.6 cm³/mol. The van der Waals surface area contributed by atoms with Gasteiger partial charge in [0, 0.05) is 30.1 Å². The summed E-state index contributed by atoms with van der Waals surface area (Å²) in [6.07, 6.45) is 1.04. The standard InChI is InChI=1S/C17H21N3/c1-12(2)17-18-15-11-20(3)10-9-14(15)16(19-17)13-7-5-4-6-8-13/h4-8,12H,9-11H2,1-3H3. The van der Waals surface area contributed by atoms with Gasteiger partial charge in [-0.1, -0.05) is 44.2 Å². The summed E-state index contributed by atoms with van der Waals surface area (Å²) in [6.45, 7) is 6.32. The highest BCUT2D eigenvalue weighted by Crippen LogP contribution is 2.28. The quantitative estimate of drug-likeness (QED) is 0.836. The fourth-order valence-corrected chi connectivity index (χ4v) is 2.67. The Balaban J connectivity index is 2.17. The lowest BCUT2D eigenvalue weighted by Gasteiger charge is -2.26. The number of likely N-dealkylation sites (N-methyl/N-ethyl adjacent to an activating group) is 1. The highest BCUT2D eigenvalue weighted by molar-refractivity contribution is 5.64. The molecule has 3 nitrogen and oxygen atoms in total. The first kappa shape index (κ1) is 13.3. The van der Waals surface area contributed by atoms with Crippen molar-refractivity contribution in [3.05, 3.63) is 47.4 Å². The molecule has 3 heteroatoms. The van der Waals surface area contributed by atoms with Gasteiger partial charge >= 0.3 is 0 Å². The van der Waals surface area contributed by atoms with Crippen molar-refractivity contribution in [3.8, 4) is 11.3 Å². The maximum Gasteiger partial charge on any atom is 0.131 e. The first-order chi connectivity index (χ1) is 9.65. The van der Waals surface area contributed by atoms with Crippen LogP contribution in [0.5, 0.6) is 0 Å². The van der Waals surface area contributed by atoms with Crippen LogP contribution in [0.4, 0.5) is 0 Å². The Morgan fingerprint density at radius 2 is 1.85 bits per heavy atom. The van der Waals surface area contributed by atoms with Crippen molar-refractivity contribution in [1.82, 2.24) is 14.9 Å². The van der Waals surface area contributed by atoms with E-state index in [0.717, 1.165) is 31.0 Å². The summed E-state index contributed by atoms with van der Waals surface area (Å²) in [4.78, 5) is 12.0. The van der Waals surface area contributed by atoms with Gasteiger partial charge in [-0.2, -0.15) is 0 Å². The molecular weight excluding hydrogens is 246 g/mol. The van der Waals surface area contributed by atoms with Crippen molar-refractivity contribution in [3.63, 3.8) is 0 Å². The van der Waals surface area contributed by atoms with Gasteiger partial charge in [-0.05, 0) is 13.5 Å². The zero-order valence-electron chi connectivity index (χ0n) is 12.4. The Hall–Kier alpha value is -1.74. The average Bonchev–Trinajstić information content (AvgIpc) is 2.46. The first-order valence-electron chi connectivity index (χ1n) is 7.29. The molecule has 0 spiro atoms.